The van der Waals surface area contributed by atoms with Crippen LogP contribution in [0.5, 0.6) is 0 Å². The lowest BCUT2D eigenvalue weighted by atomic mass is 10.1. The van der Waals surface area contributed by atoms with E-state index < -0.39 is 9.84 Å². The molecule has 1 atom stereocenters. The van der Waals surface area contributed by atoms with Crippen LogP contribution in [0.4, 0.5) is 0 Å². The van der Waals surface area contributed by atoms with Crippen molar-refractivity contribution < 1.29 is 8.42 Å². The van der Waals surface area contributed by atoms with Gasteiger partial charge in [0.05, 0.1) is 10.6 Å². The van der Waals surface area contributed by atoms with Crippen LogP contribution in [-0.2, 0) is 9.84 Å². The number of aryl methyl sites for hydroxylation is 2. The molecule has 0 heterocycles. The summed E-state index contributed by atoms with van der Waals surface area (Å²) in [4.78, 5) is 0.486. The number of hydrogen-bond donors (Lipinski definition) is 1. The highest BCUT2D eigenvalue weighted by Gasteiger charge is 2.16. The fourth-order valence-electron chi connectivity index (χ4n) is 2.15. The number of hydrogen-bond acceptors (Lipinski definition) is 3. The van der Waals surface area contributed by atoms with Crippen molar-refractivity contribution in [2.75, 3.05) is 12.8 Å². The number of benzene rings is 1. The summed E-state index contributed by atoms with van der Waals surface area (Å²) in [5.41, 5.74) is 1.95. The highest BCUT2D eigenvalue weighted by atomic mass is 32.2. The van der Waals surface area contributed by atoms with Gasteiger partial charge in [0.2, 0.25) is 0 Å². The number of unbranched alkanes of at least 4 members (excludes halogenated alkanes) is 1. The van der Waals surface area contributed by atoms with E-state index in [-0.39, 0.29) is 5.75 Å². The number of nitrogens with one attached hydrogen (secondary N) is 1. The van der Waals surface area contributed by atoms with Gasteiger partial charge in [-0.25, -0.2) is 8.42 Å². The molecule has 0 fully saturated rings. The molecule has 0 saturated heterocycles. The summed E-state index contributed by atoms with van der Waals surface area (Å²) in [7, 11) is -1.21. The SMILES string of the molecule is CNC(C)CCCCS(=O)(=O)c1ccc(C)cc1C. The molecular formula is C15H25NO2S. The van der Waals surface area contributed by atoms with Gasteiger partial charge in [-0.3, -0.25) is 0 Å². The third kappa shape index (κ3) is 4.96. The second-order valence-electron chi connectivity index (χ2n) is 5.27. The monoisotopic (exact) mass is 283 g/mol. The Balaban J connectivity index is 2.61. The van der Waals surface area contributed by atoms with Crippen molar-refractivity contribution >= 4 is 9.84 Å². The van der Waals surface area contributed by atoms with E-state index in [9.17, 15) is 8.42 Å². The molecular weight excluding hydrogens is 258 g/mol. The summed E-state index contributed by atoms with van der Waals surface area (Å²) < 4.78 is 24.5. The molecule has 0 aliphatic rings. The fraction of sp³-hybridized carbons (Fsp3) is 0.600. The van der Waals surface area contributed by atoms with E-state index in [1.54, 1.807) is 6.07 Å². The minimum atomic E-state index is -3.13. The van der Waals surface area contributed by atoms with E-state index in [0.29, 0.717) is 10.9 Å². The zero-order chi connectivity index (χ0) is 14.5. The van der Waals surface area contributed by atoms with Crippen LogP contribution in [0.3, 0.4) is 0 Å². The molecule has 0 spiro atoms. The van der Waals surface area contributed by atoms with Crippen LogP contribution >= 0.6 is 0 Å². The third-order valence-electron chi connectivity index (χ3n) is 3.46. The smallest absolute Gasteiger partial charge is 0.178 e. The van der Waals surface area contributed by atoms with Crippen LogP contribution in [0.1, 0.15) is 37.3 Å². The fourth-order valence-corrected chi connectivity index (χ4v) is 3.77. The summed E-state index contributed by atoms with van der Waals surface area (Å²) in [6.45, 7) is 5.95. The van der Waals surface area contributed by atoms with Crippen molar-refractivity contribution in [3.05, 3.63) is 29.3 Å². The maximum atomic E-state index is 12.3. The van der Waals surface area contributed by atoms with Crippen molar-refractivity contribution in [2.45, 2.75) is 51.0 Å². The van der Waals surface area contributed by atoms with Crippen molar-refractivity contribution in [3.8, 4) is 0 Å². The van der Waals surface area contributed by atoms with Crippen molar-refractivity contribution in [3.63, 3.8) is 0 Å². The van der Waals surface area contributed by atoms with E-state index in [4.69, 9.17) is 0 Å². The van der Waals surface area contributed by atoms with E-state index in [1.165, 1.54) is 0 Å². The van der Waals surface area contributed by atoms with Crippen molar-refractivity contribution in [1.82, 2.24) is 5.32 Å². The molecule has 0 aliphatic heterocycles. The first-order valence-electron chi connectivity index (χ1n) is 6.84. The lowest BCUT2D eigenvalue weighted by Crippen LogP contribution is -2.21. The molecule has 19 heavy (non-hydrogen) atoms. The Kier molecular flexibility index (Phi) is 6.01. The van der Waals surface area contributed by atoms with Crippen molar-refractivity contribution in [2.24, 2.45) is 0 Å². The predicted molar refractivity (Wildman–Crippen MR) is 80.3 cm³/mol. The van der Waals surface area contributed by atoms with Crippen LogP contribution in [0, 0.1) is 13.8 Å². The largest absolute Gasteiger partial charge is 0.317 e. The summed E-state index contributed by atoms with van der Waals surface area (Å²) >= 11 is 0. The lowest BCUT2D eigenvalue weighted by molar-refractivity contribution is 0.533. The molecule has 1 unspecified atom stereocenters. The molecule has 0 bridgehead atoms. The van der Waals surface area contributed by atoms with Gasteiger partial charge < -0.3 is 5.32 Å². The van der Waals surface area contributed by atoms with Crippen LogP contribution in [-0.4, -0.2) is 27.3 Å². The van der Waals surface area contributed by atoms with E-state index in [2.05, 4.69) is 12.2 Å². The molecule has 0 aromatic heterocycles. The summed E-state index contributed by atoms with van der Waals surface area (Å²) in [5.74, 6) is 0.243. The van der Waals surface area contributed by atoms with Crippen LogP contribution in [0.15, 0.2) is 23.1 Å². The Hall–Kier alpha value is -0.870. The molecule has 0 saturated carbocycles. The summed E-state index contributed by atoms with van der Waals surface area (Å²) in [6.07, 6.45) is 2.67. The standard InChI is InChI=1S/C15H25NO2S/c1-12-8-9-15(13(2)11-12)19(17,18)10-6-5-7-14(3)16-4/h8-9,11,14,16H,5-7,10H2,1-4H3. The molecule has 108 valence electrons. The average molecular weight is 283 g/mol. The van der Waals surface area contributed by atoms with Gasteiger partial charge in [-0.1, -0.05) is 24.1 Å². The molecule has 3 nitrogen and oxygen atoms in total. The zero-order valence-electron chi connectivity index (χ0n) is 12.4. The minimum Gasteiger partial charge on any atom is -0.317 e. The molecule has 4 heteroatoms. The van der Waals surface area contributed by atoms with Gasteiger partial charge in [-0.05, 0) is 52.3 Å². The van der Waals surface area contributed by atoms with Crippen LogP contribution < -0.4 is 5.32 Å². The highest BCUT2D eigenvalue weighted by molar-refractivity contribution is 7.91. The van der Waals surface area contributed by atoms with Gasteiger partial charge in [0.1, 0.15) is 0 Å². The quantitative estimate of drug-likeness (QED) is 0.783. The first-order chi connectivity index (χ1) is 8.86. The predicted octanol–water partition coefficient (Wildman–Crippen LogP) is 2.86. The number of sulfone groups is 1. The zero-order valence-corrected chi connectivity index (χ0v) is 13.2. The Morgan fingerprint density at radius 2 is 1.89 bits per heavy atom. The molecule has 0 amide bonds. The molecule has 1 N–H and O–H groups in total. The maximum absolute atomic E-state index is 12.3. The van der Waals surface area contributed by atoms with Gasteiger partial charge in [0, 0.05) is 6.04 Å². The van der Waals surface area contributed by atoms with Crippen LogP contribution in [0.2, 0.25) is 0 Å². The number of rotatable bonds is 7. The second kappa shape index (κ2) is 7.06. The van der Waals surface area contributed by atoms with Gasteiger partial charge in [0.25, 0.3) is 0 Å². The Morgan fingerprint density at radius 3 is 2.47 bits per heavy atom. The first-order valence-corrected chi connectivity index (χ1v) is 8.49. The topological polar surface area (TPSA) is 46.2 Å². The maximum Gasteiger partial charge on any atom is 0.178 e. The average Bonchev–Trinajstić information content (AvgIpc) is 2.33. The Morgan fingerprint density at radius 1 is 1.21 bits per heavy atom. The van der Waals surface area contributed by atoms with E-state index >= 15 is 0 Å². The second-order valence-corrected chi connectivity index (χ2v) is 7.35. The molecule has 0 radical (unpaired) electrons. The summed E-state index contributed by atoms with van der Waals surface area (Å²) in [6, 6.07) is 5.97. The lowest BCUT2D eigenvalue weighted by Gasteiger charge is -2.11. The highest BCUT2D eigenvalue weighted by Crippen LogP contribution is 2.19. The third-order valence-corrected chi connectivity index (χ3v) is 5.41. The molecule has 0 aliphatic carbocycles. The minimum absolute atomic E-state index is 0.243. The van der Waals surface area contributed by atoms with Crippen LogP contribution in [0.25, 0.3) is 0 Å². The van der Waals surface area contributed by atoms with Gasteiger partial charge in [-0.15, -0.1) is 0 Å². The van der Waals surface area contributed by atoms with Crippen molar-refractivity contribution in [1.29, 1.82) is 0 Å². The normalized spacial score (nSPS) is 13.5. The Labute approximate surface area is 117 Å². The first kappa shape index (κ1) is 16.2. The summed E-state index contributed by atoms with van der Waals surface area (Å²) in [5, 5.41) is 3.16. The van der Waals surface area contributed by atoms with Gasteiger partial charge in [0.15, 0.2) is 9.84 Å². The van der Waals surface area contributed by atoms with Gasteiger partial charge in [-0.2, -0.15) is 0 Å². The molecule has 1 aromatic carbocycles. The van der Waals surface area contributed by atoms with E-state index in [1.807, 2.05) is 33.0 Å². The van der Waals surface area contributed by atoms with E-state index in [0.717, 1.165) is 30.4 Å². The molecule has 1 aromatic rings. The Bertz CT molecular complexity index is 509. The van der Waals surface area contributed by atoms with Gasteiger partial charge >= 0.3 is 0 Å². The molecule has 1 rings (SSSR count).